The van der Waals surface area contributed by atoms with Gasteiger partial charge in [-0.25, -0.2) is 27.1 Å². The maximum absolute atomic E-state index is 13.7. The van der Waals surface area contributed by atoms with Crippen molar-refractivity contribution >= 4 is 33.7 Å². The van der Waals surface area contributed by atoms with Gasteiger partial charge in [0.25, 0.3) is 0 Å². The van der Waals surface area contributed by atoms with Gasteiger partial charge >= 0.3 is 0 Å². The fraction of sp³-hybridized carbons (Fsp3) is 0.333. The molecule has 1 amide bonds. The van der Waals surface area contributed by atoms with Crippen LogP contribution in [0.25, 0.3) is 17.3 Å². The Morgan fingerprint density at radius 1 is 1.02 bits per heavy atom. The number of nitrogens with one attached hydrogen (secondary N) is 1. The number of carbonyl (C=O) groups is 2. The van der Waals surface area contributed by atoms with E-state index in [1.165, 1.54) is 43.5 Å². The van der Waals surface area contributed by atoms with Gasteiger partial charge in [0.1, 0.15) is 5.82 Å². The quantitative estimate of drug-likeness (QED) is 0.303. The number of rotatable bonds is 12. The molecule has 1 heterocycles. The van der Waals surface area contributed by atoms with Crippen LogP contribution >= 0.6 is 0 Å². The Hall–Kier alpha value is -3.96. The van der Waals surface area contributed by atoms with Crippen molar-refractivity contribution in [3.05, 3.63) is 83.3 Å². The van der Waals surface area contributed by atoms with E-state index >= 15 is 0 Å². The molecule has 9 nitrogen and oxygen atoms in total. The summed E-state index contributed by atoms with van der Waals surface area (Å²) in [6.07, 6.45) is 2.07. The van der Waals surface area contributed by atoms with Gasteiger partial charge in [0.05, 0.1) is 36.2 Å². The number of hydrogen-bond donors (Lipinski definition) is 2. The van der Waals surface area contributed by atoms with Crippen LogP contribution in [0.15, 0.2) is 60.7 Å². The summed E-state index contributed by atoms with van der Waals surface area (Å²) in [5.74, 6) is -1.53. The van der Waals surface area contributed by atoms with Crippen LogP contribution in [0.3, 0.4) is 0 Å². The van der Waals surface area contributed by atoms with Crippen LogP contribution < -0.4 is 9.62 Å². The molecule has 0 radical (unpaired) electrons. The topological polar surface area (TPSA) is 130 Å². The minimum absolute atomic E-state index is 0.0647. The summed E-state index contributed by atoms with van der Waals surface area (Å²) in [7, 11) is -2.34. The van der Waals surface area contributed by atoms with E-state index in [0.29, 0.717) is 22.5 Å². The third-order valence-corrected chi connectivity index (χ3v) is 7.54. The van der Waals surface area contributed by atoms with Gasteiger partial charge in [-0.15, -0.1) is 0 Å². The number of anilines is 1. The highest BCUT2D eigenvalue weighted by molar-refractivity contribution is 7.92. The lowest BCUT2D eigenvalue weighted by Crippen LogP contribution is -2.30. The number of allylic oxidation sites excluding steroid dienone is 1. The number of carbonyl (C=O) groups excluding carboxylic acids is 2. The molecule has 0 aliphatic rings. The van der Waals surface area contributed by atoms with Crippen LogP contribution in [0.2, 0.25) is 0 Å². The first-order valence-corrected chi connectivity index (χ1v) is 15.0. The molecule has 3 rings (SSSR count). The third-order valence-electron chi connectivity index (χ3n) is 6.38. The highest BCUT2D eigenvalue weighted by atomic mass is 32.2. The average molecular weight is 583 g/mol. The van der Waals surface area contributed by atoms with Crippen LogP contribution in [-0.2, 0) is 19.6 Å². The number of aliphatic hydroxyl groups is 1. The average Bonchev–Trinajstić information content (AvgIpc) is 2.91. The molecule has 218 valence electrons. The Morgan fingerprint density at radius 2 is 1.66 bits per heavy atom. The van der Waals surface area contributed by atoms with Crippen molar-refractivity contribution in [2.75, 3.05) is 17.6 Å². The first kappa shape index (κ1) is 31.6. The van der Waals surface area contributed by atoms with Gasteiger partial charge in [-0.05, 0) is 54.8 Å². The van der Waals surface area contributed by atoms with Gasteiger partial charge in [-0.1, -0.05) is 44.2 Å². The van der Waals surface area contributed by atoms with Gasteiger partial charge in [0.15, 0.2) is 5.78 Å². The van der Waals surface area contributed by atoms with E-state index in [4.69, 9.17) is 0 Å². The largest absolute Gasteiger partial charge is 0.392 e. The number of aromatic nitrogens is 2. The summed E-state index contributed by atoms with van der Waals surface area (Å²) in [6, 6.07) is 14.6. The summed E-state index contributed by atoms with van der Waals surface area (Å²) in [4.78, 5) is 34.1. The summed E-state index contributed by atoms with van der Waals surface area (Å²) in [5.41, 5.74) is 2.66. The molecule has 1 aromatic heterocycles. The fourth-order valence-corrected chi connectivity index (χ4v) is 4.46. The Balaban J connectivity index is 1.84. The zero-order chi connectivity index (χ0) is 30.3. The zero-order valence-corrected chi connectivity index (χ0v) is 24.5. The van der Waals surface area contributed by atoms with E-state index < -0.39 is 27.7 Å². The van der Waals surface area contributed by atoms with E-state index in [9.17, 15) is 27.5 Å². The van der Waals surface area contributed by atoms with Crippen molar-refractivity contribution in [2.24, 2.45) is 0 Å². The number of amides is 1. The number of halogens is 1. The maximum Gasteiger partial charge on any atom is 0.239 e. The van der Waals surface area contributed by atoms with Crippen molar-refractivity contribution in [1.82, 2.24) is 15.3 Å². The normalized spacial score (nSPS) is 13.3. The molecule has 0 bridgehead atoms. The van der Waals surface area contributed by atoms with Gasteiger partial charge in [0, 0.05) is 24.6 Å². The second-order valence-corrected chi connectivity index (χ2v) is 12.1. The standard InChI is InChI=1S/C30H35FN4O5S/c1-19(2)28-26(29(22-11-13-23(31)14-12-22)34-30(33-28)35(4)41(5,39)40)16-15-24(36)17-25(37)18-27(38)32-20(3)21-9-7-6-8-10-21/h6-16,19-20,25,37H,17-18H2,1-5H3,(H,32,38)/b16-15+/t20-,25-/m1/s1. The van der Waals surface area contributed by atoms with Crippen molar-refractivity contribution in [3.8, 4) is 11.3 Å². The van der Waals surface area contributed by atoms with Crippen LogP contribution in [0.4, 0.5) is 10.3 Å². The van der Waals surface area contributed by atoms with E-state index in [1.54, 1.807) is 0 Å². The molecule has 2 atom stereocenters. The molecule has 2 N–H and O–H groups in total. The van der Waals surface area contributed by atoms with Crippen LogP contribution in [0.5, 0.6) is 0 Å². The summed E-state index contributed by atoms with van der Waals surface area (Å²) >= 11 is 0. The molecule has 2 aromatic carbocycles. The monoisotopic (exact) mass is 582 g/mol. The van der Waals surface area contributed by atoms with Crippen molar-refractivity contribution < 1.29 is 27.5 Å². The SMILES string of the molecule is CC(C)c1nc(N(C)S(C)(=O)=O)nc(-c2ccc(F)cc2)c1/C=C/C(=O)C[C@@H](O)CC(=O)N[C@H](C)c1ccccc1. The van der Waals surface area contributed by atoms with Gasteiger partial charge in [0.2, 0.25) is 21.9 Å². The third kappa shape index (κ3) is 8.76. The molecular weight excluding hydrogens is 547 g/mol. The Labute approximate surface area is 240 Å². The Morgan fingerprint density at radius 3 is 2.24 bits per heavy atom. The highest BCUT2D eigenvalue weighted by Crippen LogP contribution is 2.31. The number of benzene rings is 2. The van der Waals surface area contributed by atoms with Crippen molar-refractivity contribution in [3.63, 3.8) is 0 Å². The number of aliphatic hydroxyl groups excluding tert-OH is 1. The lowest BCUT2D eigenvalue weighted by molar-refractivity contribution is -0.124. The molecule has 3 aromatic rings. The van der Waals surface area contributed by atoms with Gasteiger partial charge < -0.3 is 10.4 Å². The molecule has 0 spiro atoms. The second kappa shape index (κ2) is 13.6. The van der Waals surface area contributed by atoms with Gasteiger partial charge in [-0.3, -0.25) is 9.59 Å². The first-order valence-electron chi connectivity index (χ1n) is 13.1. The zero-order valence-electron chi connectivity index (χ0n) is 23.7. The molecular formula is C30H35FN4O5S. The number of hydrogen-bond acceptors (Lipinski definition) is 7. The second-order valence-electron chi connectivity index (χ2n) is 10.1. The van der Waals surface area contributed by atoms with E-state index in [1.807, 2.05) is 51.1 Å². The van der Waals surface area contributed by atoms with Crippen molar-refractivity contribution in [2.45, 2.75) is 51.7 Å². The minimum Gasteiger partial charge on any atom is -0.392 e. The predicted molar refractivity (Wildman–Crippen MR) is 157 cm³/mol. The highest BCUT2D eigenvalue weighted by Gasteiger charge is 2.23. The molecule has 41 heavy (non-hydrogen) atoms. The molecule has 0 aliphatic heterocycles. The van der Waals surface area contributed by atoms with Gasteiger partial charge in [-0.2, -0.15) is 0 Å². The molecule has 0 aliphatic carbocycles. The Bertz CT molecular complexity index is 1510. The molecule has 0 saturated heterocycles. The molecule has 0 saturated carbocycles. The summed E-state index contributed by atoms with van der Waals surface area (Å²) in [5, 5.41) is 13.2. The number of ketones is 1. The van der Waals surface area contributed by atoms with E-state index in [0.717, 1.165) is 16.1 Å². The Kier molecular flexibility index (Phi) is 10.5. The minimum atomic E-state index is -3.67. The number of sulfonamides is 1. The van der Waals surface area contributed by atoms with Crippen LogP contribution in [0.1, 0.15) is 62.4 Å². The predicted octanol–water partition coefficient (Wildman–Crippen LogP) is 4.40. The smallest absolute Gasteiger partial charge is 0.239 e. The number of nitrogens with zero attached hydrogens (tertiary/aromatic N) is 3. The summed E-state index contributed by atoms with van der Waals surface area (Å²) in [6.45, 7) is 5.55. The molecule has 11 heteroatoms. The maximum atomic E-state index is 13.7. The lowest BCUT2D eigenvalue weighted by atomic mass is 9.97. The lowest BCUT2D eigenvalue weighted by Gasteiger charge is -2.20. The first-order chi connectivity index (χ1) is 19.3. The molecule has 0 unspecified atom stereocenters. The summed E-state index contributed by atoms with van der Waals surface area (Å²) < 4.78 is 39.0. The van der Waals surface area contributed by atoms with E-state index in [2.05, 4.69) is 15.3 Å². The molecule has 0 fully saturated rings. The van der Waals surface area contributed by atoms with Crippen LogP contribution in [0, 0.1) is 5.82 Å². The fourth-order valence-electron chi connectivity index (χ4n) is 4.08. The van der Waals surface area contributed by atoms with Crippen molar-refractivity contribution in [1.29, 1.82) is 0 Å². The van der Waals surface area contributed by atoms with Crippen LogP contribution in [-0.4, -0.2) is 54.6 Å². The van der Waals surface area contributed by atoms with E-state index in [-0.39, 0.29) is 36.7 Å².